The fourth-order valence-corrected chi connectivity index (χ4v) is 1.97. The molecule has 0 bridgehead atoms. The number of hydrogen-bond acceptors (Lipinski definition) is 4. The lowest BCUT2D eigenvalue weighted by atomic mass is 10.0. The third-order valence-corrected chi connectivity index (χ3v) is 3.66. The lowest BCUT2D eigenvalue weighted by Crippen LogP contribution is -2.55. The van der Waals surface area contributed by atoms with Crippen molar-refractivity contribution in [1.82, 2.24) is 5.32 Å². The Bertz CT molecular complexity index is 597. The highest BCUT2D eigenvalue weighted by atomic mass is 32.1. The molecule has 0 aliphatic heterocycles. The molecule has 1 amide bonds. The maximum absolute atomic E-state index is 12.5. The molecule has 24 heavy (non-hydrogen) atoms. The Kier molecular flexibility index (Phi) is 6.29. The molecule has 4 N–H and O–H groups in total. The van der Waals surface area contributed by atoms with Crippen LogP contribution in [0.3, 0.4) is 0 Å². The second-order valence-electron chi connectivity index (χ2n) is 5.93. The van der Waals surface area contributed by atoms with Gasteiger partial charge < -0.3 is 16.2 Å². The molecule has 0 spiro atoms. The summed E-state index contributed by atoms with van der Waals surface area (Å²) in [4.78, 5) is 23.3. The van der Waals surface area contributed by atoms with Gasteiger partial charge in [0.15, 0.2) is 0 Å². The smallest absolute Gasteiger partial charge is 0.416 e. The van der Waals surface area contributed by atoms with Crippen molar-refractivity contribution < 1.29 is 27.9 Å². The third kappa shape index (κ3) is 5.72. The molecule has 0 aliphatic rings. The second-order valence-corrected chi connectivity index (χ2v) is 7.08. The van der Waals surface area contributed by atoms with E-state index in [1.54, 1.807) is 13.8 Å². The van der Waals surface area contributed by atoms with Gasteiger partial charge in [-0.2, -0.15) is 25.8 Å². The van der Waals surface area contributed by atoms with E-state index >= 15 is 0 Å². The summed E-state index contributed by atoms with van der Waals surface area (Å²) in [6.07, 6.45) is -4.64. The van der Waals surface area contributed by atoms with Crippen LogP contribution in [0.25, 0.3) is 0 Å². The standard InChI is InChI=1S/C15H19F3N2O3S/c1-14(2,24)11(19)12(21)20-10(13(22)23)7-8-3-5-9(6-4-8)15(16,17)18/h3-6,10-11,24H,7,19H2,1-2H3,(H,20,21)(H,22,23)/t10-,11+/m0/s1. The van der Waals surface area contributed by atoms with Gasteiger partial charge in [-0.05, 0) is 31.5 Å². The van der Waals surface area contributed by atoms with Crippen LogP contribution in [-0.2, 0) is 22.2 Å². The highest BCUT2D eigenvalue weighted by Gasteiger charge is 2.32. The number of benzene rings is 1. The van der Waals surface area contributed by atoms with Crippen molar-refractivity contribution >= 4 is 24.5 Å². The number of aliphatic carboxylic acids is 1. The molecule has 1 rings (SSSR count). The zero-order chi connectivity index (χ0) is 18.7. The van der Waals surface area contributed by atoms with Crippen LogP contribution in [-0.4, -0.2) is 33.8 Å². The van der Waals surface area contributed by atoms with Crippen LogP contribution in [0.5, 0.6) is 0 Å². The Hall–Kier alpha value is -1.74. The first kappa shape index (κ1) is 20.3. The Morgan fingerprint density at radius 1 is 1.25 bits per heavy atom. The van der Waals surface area contributed by atoms with Crippen molar-refractivity contribution in [2.75, 3.05) is 0 Å². The van der Waals surface area contributed by atoms with Crippen LogP contribution < -0.4 is 11.1 Å². The molecule has 0 heterocycles. The molecule has 0 radical (unpaired) electrons. The van der Waals surface area contributed by atoms with E-state index < -0.39 is 40.4 Å². The van der Waals surface area contributed by atoms with Crippen LogP contribution in [0, 0.1) is 0 Å². The number of nitrogens with two attached hydrogens (primary N) is 1. The molecule has 2 atom stereocenters. The number of rotatable bonds is 6. The summed E-state index contributed by atoms with van der Waals surface area (Å²) in [5.74, 6) is -2.01. The number of alkyl halides is 3. The number of hydrogen-bond donors (Lipinski definition) is 4. The Morgan fingerprint density at radius 2 is 1.75 bits per heavy atom. The summed E-state index contributed by atoms with van der Waals surface area (Å²) in [5.41, 5.74) is 5.21. The van der Waals surface area contributed by atoms with E-state index in [1.807, 2.05) is 0 Å². The van der Waals surface area contributed by atoms with E-state index in [0.29, 0.717) is 5.56 Å². The predicted octanol–water partition coefficient (Wildman–Crippen LogP) is 1.85. The van der Waals surface area contributed by atoms with Gasteiger partial charge >= 0.3 is 12.1 Å². The average Bonchev–Trinajstić information content (AvgIpc) is 2.44. The lowest BCUT2D eigenvalue weighted by molar-refractivity contribution is -0.142. The van der Waals surface area contributed by atoms with E-state index in [1.165, 1.54) is 12.1 Å². The fourth-order valence-electron chi connectivity index (χ4n) is 1.85. The van der Waals surface area contributed by atoms with Crippen molar-refractivity contribution in [1.29, 1.82) is 0 Å². The molecule has 1 aromatic carbocycles. The molecule has 0 saturated heterocycles. The van der Waals surface area contributed by atoms with Crippen LogP contribution in [0.1, 0.15) is 25.0 Å². The molecule has 5 nitrogen and oxygen atoms in total. The normalized spacial score (nSPS) is 14.8. The first-order chi connectivity index (χ1) is 10.8. The zero-order valence-corrected chi connectivity index (χ0v) is 14.0. The van der Waals surface area contributed by atoms with Gasteiger partial charge in [-0.3, -0.25) is 4.79 Å². The fraction of sp³-hybridized carbons (Fsp3) is 0.467. The van der Waals surface area contributed by atoms with E-state index in [0.717, 1.165) is 12.1 Å². The molecule has 0 aliphatic carbocycles. The molecule has 134 valence electrons. The first-order valence-electron chi connectivity index (χ1n) is 6.99. The molecular formula is C15H19F3N2O3S. The first-order valence-corrected chi connectivity index (χ1v) is 7.44. The van der Waals surface area contributed by atoms with Crippen LogP contribution in [0.15, 0.2) is 24.3 Å². The van der Waals surface area contributed by atoms with E-state index in [4.69, 9.17) is 5.73 Å². The molecular weight excluding hydrogens is 345 g/mol. The summed E-state index contributed by atoms with van der Waals surface area (Å²) in [6, 6.07) is 1.71. The molecule has 0 aromatic heterocycles. The molecule has 0 unspecified atom stereocenters. The van der Waals surface area contributed by atoms with Gasteiger partial charge in [0.05, 0.1) is 11.6 Å². The zero-order valence-electron chi connectivity index (χ0n) is 13.1. The second kappa shape index (κ2) is 7.43. The summed E-state index contributed by atoms with van der Waals surface area (Å²) >= 11 is 4.16. The number of nitrogens with one attached hydrogen (secondary N) is 1. The molecule has 0 saturated carbocycles. The van der Waals surface area contributed by atoms with Gasteiger partial charge in [0.25, 0.3) is 0 Å². The summed E-state index contributed by atoms with van der Waals surface area (Å²) in [6.45, 7) is 3.21. The molecule has 1 aromatic rings. The van der Waals surface area contributed by atoms with Crippen LogP contribution >= 0.6 is 12.6 Å². The quantitative estimate of drug-likeness (QED) is 0.580. The Balaban J connectivity index is 2.84. The highest BCUT2D eigenvalue weighted by Crippen LogP contribution is 2.29. The van der Waals surface area contributed by atoms with Gasteiger partial charge in [0, 0.05) is 11.2 Å². The largest absolute Gasteiger partial charge is 0.480 e. The number of carboxylic acids is 1. The number of halogens is 3. The van der Waals surface area contributed by atoms with Crippen molar-refractivity contribution in [3.63, 3.8) is 0 Å². The number of thiol groups is 1. The number of carbonyl (C=O) groups is 2. The maximum atomic E-state index is 12.5. The van der Waals surface area contributed by atoms with E-state index in [2.05, 4.69) is 17.9 Å². The summed E-state index contributed by atoms with van der Waals surface area (Å²) in [7, 11) is 0. The summed E-state index contributed by atoms with van der Waals surface area (Å²) in [5, 5.41) is 11.5. The van der Waals surface area contributed by atoms with Gasteiger partial charge in [-0.1, -0.05) is 12.1 Å². The van der Waals surface area contributed by atoms with Gasteiger partial charge in [-0.25, -0.2) is 4.79 Å². The van der Waals surface area contributed by atoms with E-state index in [-0.39, 0.29) is 6.42 Å². The lowest BCUT2D eigenvalue weighted by Gasteiger charge is -2.26. The predicted molar refractivity (Wildman–Crippen MR) is 85.8 cm³/mol. The Labute approximate surface area is 142 Å². The SMILES string of the molecule is CC(C)(S)[C@H](N)C(=O)N[C@@H](Cc1ccc(C(F)(F)F)cc1)C(=O)O. The summed E-state index contributed by atoms with van der Waals surface area (Å²) < 4.78 is 36.7. The van der Waals surface area contributed by atoms with Crippen molar-refractivity contribution in [3.05, 3.63) is 35.4 Å². The van der Waals surface area contributed by atoms with Gasteiger partial charge in [0.1, 0.15) is 6.04 Å². The van der Waals surface area contributed by atoms with Crippen molar-refractivity contribution in [2.45, 2.75) is 43.3 Å². The number of carbonyl (C=O) groups excluding carboxylic acids is 1. The van der Waals surface area contributed by atoms with Crippen molar-refractivity contribution in [2.24, 2.45) is 5.73 Å². The number of carboxylic acid groups (broad SMARTS) is 1. The van der Waals surface area contributed by atoms with Crippen molar-refractivity contribution in [3.8, 4) is 0 Å². The minimum absolute atomic E-state index is 0.168. The topological polar surface area (TPSA) is 92.4 Å². The van der Waals surface area contributed by atoms with Gasteiger partial charge in [-0.15, -0.1) is 0 Å². The van der Waals surface area contributed by atoms with Crippen LogP contribution in [0.4, 0.5) is 13.2 Å². The average molecular weight is 364 g/mol. The van der Waals surface area contributed by atoms with Crippen LogP contribution in [0.2, 0.25) is 0 Å². The Morgan fingerprint density at radius 3 is 2.12 bits per heavy atom. The minimum atomic E-state index is -4.47. The third-order valence-electron chi connectivity index (χ3n) is 3.38. The maximum Gasteiger partial charge on any atom is 0.416 e. The van der Waals surface area contributed by atoms with Gasteiger partial charge in [0.2, 0.25) is 5.91 Å². The highest BCUT2D eigenvalue weighted by molar-refractivity contribution is 7.81. The van der Waals surface area contributed by atoms with E-state index in [9.17, 15) is 27.9 Å². The molecule has 9 heteroatoms. The molecule has 0 fully saturated rings. The number of amides is 1. The monoisotopic (exact) mass is 364 g/mol. The minimum Gasteiger partial charge on any atom is -0.480 e.